The third-order valence-electron chi connectivity index (χ3n) is 2.45. The van der Waals surface area contributed by atoms with Crippen LogP contribution in [-0.4, -0.2) is 6.04 Å². The Bertz CT molecular complexity index is 553. The SMILES string of the molecule is CC(N)C(Oc1cc(Cl)cc(Cl)c1)c1ccc(Br)s1. The number of benzene rings is 1. The second-order valence-electron chi connectivity index (χ2n) is 4.14. The van der Waals surface area contributed by atoms with Crippen molar-refractivity contribution in [3.05, 3.63) is 49.0 Å². The zero-order chi connectivity index (χ0) is 14.0. The fourth-order valence-corrected chi connectivity index (χ4v) is 3.72. The Balaban J connectivity index is 2.26. The molecule has 19 heavy (non-hydrogen) atoms. The molecule has 0 amide bonds. The van der Waals surface area contributed by atoms with E-state index in [1.54, 1.807) is 29.5 Å². The maximum Gasteiger partial charge on any atom is 0.148 e. The van der Waals surface area contributed by atoms with E-state index < -0.39 is 0 Å². The highest BCUT2D eigenvalue weighted by Crippen LogP contribution is 2.33. The summed E-state index contributed by atoms with van der Waals surface area (Å²) in [7, 11) is 0. The molecular formula is C13H12BrCl2NOS. The largest absolute Gasteiger partial charge is 0.483 e. The van der Waals surface area contributed by atoms with Crippen LogP contribution in [0.3, 0.4) is 0 Å². The molecule has 1 heterocycles. The number of ether oxygens (including phenoxy) is 1. The van der Waals surface area contributed by atoms with Gasteiger partial charge in [-0.05, 0) is 53.2 Å². The molecule has 0 spiro atoms. The molecular weight excluding hydrogens is 369 g/mol. The zero-order valence-electron chi connectivity index (χ0n) is 10.1. The average Bonchev–Trinajstić information content (AvgIpc) is 2.70. The minimum atomic E-state index is -0.231. The molecule has 0 bridgehead atoms. The van der Waals surface area contributed by atoms with Gasteiger partial charge >= 0.3 is 0 Å². The Morgan fingerprint density at radius 1 is 1.21 bits per heavy atom. The molecule has 0 saturated carbocycles. The van der Waals surface area contributed by atoms with Crippen LogP contribution < -0.4 is 10.5 Å². The zero-order valence-corrected chi connectivity index (χ0v) is 14.0. The summed E-state index contributed by atoms with van der Waals surface area (Å²) in [6, 6.07) is 8.94. The van der Waals surface area contributed by atoms with E-state index >= 15 is 0 Å². The molecule has 2 atom stereocenters. The number of thiophene rings is 1. The molecule has 0 saturated heterocycles. The maximum absolute atomic E-state index is 6.00. The molecule has 2 N–H and O–H groups in total. The van der Waals surface area contributed by atoms with Gasteiger partial charge in [-0.15, -0.1) is 11.3 Å². The van der Waals surface area contributed by atoms with E-state index in [4.69, 9.17) is 33.7 Å². The highest BCUT2D eigenvalue weighted by Gasteiger charge is 2.20. The highest BCUT2D eigenvalue weighted by molar-refractivity contribution is 9.11. The predicted octanol–water partition coefficient (Wildman–Crippen LogP) is 5.28. The first-order valence-corrected chi connectivity index (χ1v) is 7.96. The minimum Gasteiger partial charge on any atom is -0.483 e. The number of nitrogens with two attached hydrogens (primary N) is 1. The van der Waals surface area contributed by atoms with E-state index in [0.29, 0.717) is 15.8 Å². The van der Waals surface area contributed by atoms with E-state index in [1.165, 1.54) is 0 Å². The van der Waals surface area contributed by atoms with Crippen LogP contribution in [0, 0.1) is 0 Å². The maximum atomic E-state index is 6.00. The molecule has 1 aromatic carbocycles. The average molecular weight is 381 g/mol. The van der Waals surface area contributed by atoms with E-state index in [9.17, 15) is 0 Å². The van der Waals surface area contributed by atoms with Crippen LogP contribution in [0.25, 0.3) is 0 Å². The number of hydrogen-bond donors (Lipinski definition) is 1. The predicted molar refractivity (Wildman–Crippen MR) is 85.5 cm³/mol. The monoisotopic (exact) mass is 379 g/mol. The Hall–Kier alpha value is -0.260. The lowest BCUT2D eigenvalue weighted by Crippen LogP contribution is -2.28. The van der Waals surface area contributed by atoms with Crippen molar-refractivity contribution in [2.45, 2.75) is 19.1 Å². The normalized spacial score (nSPS) is 14.2. The fourth-order valence-electron chi connectivity index (χ4n) is 1.65. The molecule has 0 aliphatic heterocycles. The summed E-state index contributed by atoms with van der Waals surface area (Å²) in [5.74, 6) is 0.615. The van der Waals surface area contributed by atoms with Gasteiger partial charge in [0.25, 0.3) is 0 Å². The van der Waals surface area contributed by atoms with Crippen LogP contribution in [0.1, 0.15) is 17.9 Å². The summed E-state index contributed by atoms with van der Waals surface area (Å²) in [4.78, 5) is 1.05. The van der Waals surface area contributed by atoms with Crippen molar-refractivity contribution in [1.82, 2.24) is 0 Å². The topological polar surface area (TPSA) is 35.2 Å². The minimum absolute atomic E-state index is 0.150. The summed E-state index contributed by atoms with van der Waals surface area (Å²) in [5.41, 5.74) is 6.00. The number of rotatable bonds is 4. The van der Waals surface area contributed by atoms with Gasteiger partial charge in [-0.25, -0.2) is 0 Å². The van der Waals surface area contributed by atoms with E-state index in [0.717, 1.165) is 8.66 Å². The molecule has 0 aliphatic carbocycles. The molecule has 102 valence electrons. The van der Waals surface area contributed by atoms with Crippen LogP contribution in [0.5, 0.6) is 5.75 Å². The number of halogens is 3. The second kappa shape index (κ2) is 6.46. The van der Waals surface area contributed by atoms with E-state index in [2.05, 4.69) is 15.9 Å². The Labute approximate surface area is 134 Å². The lowest BCUT2D eigenvalue weighted by atomic mass is 10.1. The standard InChI is InChI=1S/C13H12BrCl2NOS/c1-7(17)13(11-2-3-12(14)19-11)18-10-5-8(15)4-9(16)6-10/h2-7,13H,17H2,1H3. The molecule has 0 fully saturated rings. The van der Waals surface area contributed by atoms with Gasteiger partial charge in [-0.1, -0.05) is 23.2 Å². The Morgan fingerprint density at radius 3 is 2.32 bits per heavy atom. The molecule has 2 unspecified atom stereocenters. The summed E-state index contributed by atoms with van der Waals surface area (Å²) < 4.78 is 6.98. The quantitative estimate of drug-likeness (QED) is 0.782. The van der Waals surface area contributed by atoms with Crippen LogP contribution in [-0.2, 0) is 0 Å². The summed E-state index contributed by atoms with van der Waals surface area (Å²) >= 11 is 17.0. The Kier molecular flexibility index (Phi) is 5.15. The molecule has 2 rings (SSSR count). The van der Waals surface area contributed by atoms with Gasteiger partial charge in [-0.3, -0.25) is 0 Å². The highest BCUT2D eigenvalue weighted by atomic mass is 79.9. The molecule has 1 aromatic heterocycles. The van der Waals surface area contributed by atoms with Crippen molar-refractivity contribution in [3.63, 3.8) is 0 Å². The fraction of sp³-hybridized carbons (Fsp3) is 0.231. The van der Waals surface area contributed by atoms with Crippen molar-refractivity contribution in [3.8, 4) is 5.75 Å². The first kappa shape index (κ1) is 15.1. The van der Waals surface area contributed by atoms with Crippen LogP contribution in [0.2, 0.25) is 10.0 Å². The first-order valence-electron chi connectivity index (χ1n) is 5.59. The summed E-state index contributed by atoms with van der Waals surface area (Å²) in [5, 5.41) is 1.08. The lowest BCUT2D eigenvalue weighted by molar-refractivity contribution is 0.184. The molecule has 0 radical (unpaired) electrons. The molecule has 6 heteroatoms. The molecule has 2 aromatic rings. The van der Waals surface area contributed by atoms with Gasteiger partial charge in [0.15, 0.2) is 0 Å². The lowest BCUT2D eigenvalue weighted by Gasteiger charge is -2.21. The van der Waals surface area contributed by atoms with Gasteiger partial charge in [0.2, 0.25) is 0 Å². The smallest absolute Gasteiger partial charge is 0.148 e. The molecule has 0 aliphatic rings. The third-order valence-corrected chi connectivity index (χ3v) is 4.57. The van der Waals surface area contributed by atoms with Crippen LogP contribution >= 0.6 is 50.5 Å². The second-order valence-corrected chi connectivity index (χ2v) is 7.51. The summed E-state index contributed by atoms with van der Waals surface area (Å²) in [6.45, 7) is 1.91. The van der Waals surface area contributed by atoms with Crippen molar-refractivity contribution in [2.24, 2.45) is 5.73 Å². The van der Waals surface area contributed by atoms with Gasteiger partial charge in [0.1, 0.15) is 11.9 Å². The van der Waals surface area contributed by atoms with Gasteiger partial charge in [0.05, 0.1) is 3.79 Å². The number of hydrogen-bond acceptors (Lipinski definition) is 3. The van der Waals surface area contributed by atoms with Crippen molar-refractivity contribution in [1.29, 1.82) is 0 Å². The molecule has 2 nitrogen and oxygen atoms in total. The van der Waals surface area contributed by atoms with Crippen molar-refractivity contribution >= 4 is 50.5 Å². The van der Waals surface area contributed by atoms with Crippen molar-refractivity contribution in [2.75, 3.05) is 0 Å². The van der Waals surface area contributed by atoms with E-state index in [1.807, 2.05) is 19.1 Å². The van der Waals surface area contributed by atoms with Gasteiger partial charge < -0.3 is 10.5 Å². The Morgan fingerprint density at radius 2 is 1.84 bits per heavy atom. The third kappa shape index (κ3) is 4.10. The van der Waals surface area contributed by atoms with Gasteiger partial charge in [0, 0.05) is 21.0 Å². The van der Waals surface area contributed by atoms with Gasteiger partial charge in [-0.2, -0.15) is 0 Å². The summed E-state index contributed by atoms with van der Waals surface area (Å²) in [6.07, 6.45) is -0.231. The van der Waals surface area contributed by atoms with Crippen LogP contribution in [0.4, 0.5) is 0 Å². The van der Waals surface area contributed by atoms with Crippen molar-refractivity contribution < 1.29 is 4.74 Å². The van der Waals surface area contributed by atoms with E-state index in [-0.39, 0.29) is 12.1 Å². The van der Waals surface area contributed by atoms with Crippen LogP contribution in [0.15, 0.2) is 34.1 Å². The first-order chi connectivity index (χ1) is 8.95.